The molecule has 3 amide bonds. The van der Waals surface area contributed by atoms with Gasteiger partial charge in [-0.2, -0.15) is 0 Å². The highest BCUT2D eigenvalue weighted by atomic mass is 32.2. The maximum atomic E-state index is 14.0. The van der Waals surface area contributed by atoms with E-state index in [0.717, 1.165) is 12.3 Å². The minimum absolute atomic E-state index is 0.0409. The topological polar surface area (TPSA) is 192 Å². The number of hydrogen-bond donors (Lipinski definition) is 6. The zero-order chi connectivity index (χ0) is 35.1. The number of nitrogens with zero attached hydrogens (tertiary/aromatic N) is 2. The number of carbonyl (C=O) groups excluding carboxylic acids is 3. The second-order valence-corrected chi connectivity index (χ2v) is 12.7. The van der Waals surface area contributed by atoms with Crippen LogP contribution in [0.25, 0.3) is 0 Å². The summed E-state index contributed by atoms with van der Waals surface area (Å²) in [7, 11) is 4.78. The molecule has 1 aromatic heterocycles. The van der Waals surface area contributed by atoms with Gasteiger partial charge >= 0.3 is 6.09 Å². The van der Waals surface area contributed by atoms with Crippen molar-refractivity contribution in [3.63, 3.8) is 0 Å². The lowest BCUT2D eigenvalue weighted by Crippen LogP contribution is -2.60. The molecule has 0 spiro atoms. The van der Waals surface area contributed by atoms with Crippen LogP contribution in [0.5, 0.6) is 5.75 Å². The summed E-state index contributed by atoms with van der Waals surface area (Å²) in [4.78, 5) is 56.6. The number of ether oxygens (including phenoxy) is 1. The molecule has 13 nitrogen and oxygen atoms in total. The van der Waals surface area contributed by atoms with Crippen LogP contribution < -0.4 is 16.1 Å². The zero-order valence-corrected chi connectivity index (χ0v) is 27.8. The smallest absolute Gasteiger partial charge is 0.409 e. The number of H-pyrrole nitrogens is 1. The molecule has 0 unspecified atom stereocenters. The number of likely N-dealkylation sites (N-methyl/N-ethyl adjacent to an activating group) is 1. The molecule has 1 heterocycles. The molecule has 0 aliphatic heterocycles. The lowest BCUT2D eigenvalue weighted by molar-refractivity contribution is -0.127. The molecular weight excluding hydrogens is 636 g/mol. The molecule has 6 N–H and O–H groups in total. The maximum Gasteiger partial charge on any atom is 0.409 e. The highest BCUT2D eigenvalue weighted by molar-refractivity contribution is 8.26. The number of nitrogens with one attached hydrogen (secondary N) is 5. The van der Waals surface area contributed by atoms with Crippen LogP contribution in [0.4, 0.5) is 13.6 Å². The van der Waals surface area contributed by atoms with E-state index in [1.807, 2.05) is 0 Å². The van der Waals surface area contributed by atoms with E-state index in [1.165, 1.54) is 22.9 Å². The number of pyridine rings is 1. The first kappa shape index (κ1) is 37.2. The summed E-state index contributed by atoms with van der Waals surface area (Å²) in [5.74, 6) is -3.68. The summed E-state index contributed by atoms with van der Waals surface area (Å²) in [5, 5.41) is 32.5. The molecule has 0 atom stereocenters. The monoisotopic (exact) mass is 677 g/mol. The van der Waals surface area contributed by atoms with Crippen molar-refractivity contribution in [2.45, 2.75) is 57.7 Å². The minimum Gasteiger partial charge on any atom is -0.503 e. The lowest BCUT2D eigenvalue weighted by Gasteiger charge is -2.46. The minimum atomic E-state index is -0.999. The first-order chi connectivity index (χ1) is 22.1. The SMILES string of the molecule is CNC1(N(C)C(=O)c2[nH]cc(C(=N)SC(=N)Cc3ccc(F)cc3F)c(=O)c2O)CCC(C(=O)NCCN(C)C(=O)OC(C)C)CC1. The van der Waals surface area contributed by atoms with E-state index in [9.17, 15) is 33.1 Å². The number of carbonyl (C=O) groups is 3. The Labute approximate surface area is 275 Å². The van der Waals surface area contributed by atoms with Gasteiger partial charge in [-0.3, -0.25) is 30.5 Å². The number of halogens is 2. The summed E-state index contributed by atoms with van der Waals surface area (Å²) in [5.41, 5.74) is -2.53. The fourth-order valence-electron chi connectivity index (χ4n) is 5.25. The predicted octanol–water partition coefficient (Wildman–Crippen LogP) is 3.41. The standard InChI is InChI=1S/C31H41F2N7O6S/c1-17(2)46-30(45)39(4)13-12-37-28(43)18-8-10-31(36-3,11-9-18)40(5)29(44)24-26(42)25(41)21(16-38-24)27(35)47-23(34)14-19-6-7-20(32)15-22(19)33/h6-7,15-18,34-36,42H,8-14H2,1-5H3,(H,37,43)(H,38,41). The zero-order valence-electron chi connectivity index (χ0n) is 27.0. The number of hydrogen-bond acceptors (Lipinski definition) is 10. The number of benzene rings is 1. The summed E-state index contributed by atoms with van der Waals surface area (Å²) >= 11 is 0.555. The van der Waals surface area contributed by atoms with E-state index in [4.69, 9.17) is 15.6 Å². The maximum absolute atomic E-state index is 14.0. The van der Waals surface area contributed by atoms with Crippen LogP contribution in [-0.4, -0.2) is 93.9 Å². The number of rotatable bonds is 11. The molecule has 0 saturated heterocycles. The van der Waals surface area contributed by atoms with Crippen molar-refractivity contribution in [1.29, 1.82) is 10.8 Å². The second-order valence-electron chi connectivity index (χ2n) is 11.6. The van der Waals surface area contributed by atoms with E-state index >= 15 is 0 Å². The molecule has 1 aliphatic carbocycles. The van der Waals surface area contributed by atoms with Crippen molar-refractivity contribution in [3.8, 4) is 5.75 Å². The predicted molar refractivity (Wildman–Crippen MR) is 174 cm³/mol. The van der Waals surface area contributed by atoms with E-state index < -0.39 is 51.2 Å². The van der Waals surface area contributed by atoms with Crippen LogP contribution in [-0.2, 0) is 16.0 Å². The fraction of sp³-hybridized carbons (Fsp3) is 0.484. The van der Waals surface area contributed by atoms with Gasteiger partial charge in [-0.15, -0.1) is 0 Å². The fourth-order valence-corrected chi connectivity index (χ4v) is 5.99. The highest BCUT2D eigenvalue weighted by Crippen LogP contribution is 2.35. The molecule has 1 fully saturated rings. The van der Waals surface area contributed by atoms with Crippen molar-refractivity contribution < 1.29 is 33.0 Å². The van der Waals surface area contributed by atoms with Crippen molar-refractivity contribution in [2.75, 3.05) is 34.2 Å². The van der Waals surface area contributed by atoms with E-state index in [0.29, 0.717) is 43.5 Å². The third-order valence-electron chi connectivity index (χ3n) is 8.10. The summed E-state index contributed by atoms with van der Waals surface area (Å²) < 4.78 is 32.3. The Morgan fingerprint density at radius 3 is 2.45 bits per heavy atom. The van der Waals surface area contributed by atoms with Crippen LogP contribution in [0.2, 0.25) is 0 Å². The van der Waals surface area contributed by atoms with Gasteiger partial charge in [-0.05, 0) is 58.2 Å². The van der Waals surface area contributed by atoms with Crippen LogP contribution in [0.3, 0.4) is 0 Å². The van der Waals surface area contributed by atoms with Crippen molar-refractivity contribution in [3.05, 3.63) is 63.1 Å². The van der Waals surface area contributed by atoms with Gasteiger partial charge in [0.2, 0.25) is 11.3 Å². The van der Waals surface area contributed by atoms with E-state index in [2.05, 4.69) is 15.6 Å². The second kappa shape index (κ2) is 16.0. The highest BCUT2D eigenvalue weighted by Gasteiger charge is 2.42. The van der Waals surface area contributed by atoms with Gasteiger partial charge in [-0.25, -0.2) is 13.6 Å². The molecule has 47 heavy (non-hydrogen) atoms. The molecule has 0 radical (unpaired) electrons. The molecule has 2 aromatic rings. The van der Waals surface area contributed by atoms with Crippen LogP contribution in [0.1, 0.15) is 61.1 Å². The van der Waals surface area contributed by atoms with Crippen LogP contribution in [0.15, 0.2) is 29.2 Å². The number of aromatic nitrogens is 1. The average molecular weight is 678 g/mol. The van der Waals surface area contributed by atoms with E-state index in [-0.39, 0.29) is 53.6 Å². The van der Waals surface area contributed by atoms with Crippen LogP contribution in [0, 0.1) is 28.4 Å². The molecule has 1 saturated carbocycles. The summed E-state index contributed by atoms with van der Waals surface area (Å²) in [6.45, 7) is 4.03. The number of aromatic amines is 1. The van der Waals surface area contributed by atoms with E-state index in [1.54, 1.807) is 27.9 Å². The van der Waals surface area contributed by atoms with Crippen LogP contribution >= 0.6 is 11.8 Å². The molecule has 1 aliphatic rings. The number of thioether (sulfide) groups is 1. The van der Waals surface area contributed by atoms with Gasteiger partial charge in [-0.1, -0.05) is 17.8 Å². The van der Waals surface area contributed by atoms with Gasteiger partial charge in [0, 0.05) is 51.8 Å². The molecule has 1 aromatic carbocycles. The summed E-state index contributed by atoms with van der Waals surface area (Å²) in [6.07, 6.45) is 1.80. The molecule has 16 heteroatoms. The first-order valence-corrected chi connectivity index (χ1v) is 15.8. The quantitative estimate of drug-likeness (QED) is 0.118. The first-order valence-electron chi connectivity index (χ1n) is 15.0. The van der Waals surface area contributed by atoms with Gasteiger partial charge in [0.05, 0.1) is 22.4 Å². The number of aromatic hydroxyl groups is 1. The van der Waals surface area contributed by atoms with Gasteiger partial charge in [0.15, 0.2) is 11.4 Å². The number of amides is 3. The van der Waals surface area contributed by atoms with Gasteiger partial charge < -0.3 is 29.9 Å². The Hall–Kier alpha value is -4.31. The molecular formula is C31H41F2N7O6S. The average Bonchev–Trinajstić information content (AvgIpc) is 3.02. The third-order valence-corrected chi connectivity index (χ3v) is 8.91. The normalized spacial score (nSPS) is 17.6. The van der Waals surface area contributed by atoms with Crippen molar-refractivity contribution >= 4 is 39.8 Å². The van der Waals surface area contributed by atoms with Crippen molar-refractivity contribution in [1.82, 2.24) is 25.4 Å². The Morgan fingerprint density at radius 2 is 1.85 bits per heavy atom. The Kier molecular flexibility index (Phi) is 12.6. The Balaban J connectivity index is 1.61. The Morgan fingerprint density at radius 1 is 1.19 bits per heavy atom. The molecule has 256 valence electrons. The molecule has 0 bridgehead atoms. The third kappa shape index (κ3) is 9.16. The largest absolute Gasteiger partial charge is 0.503 e. The summed E-state index contributed by atoms with van der Waals surface area (Å²) in [6, 6.07) is 2.93. The van der Waals surface area contributed by atoms with Gasteiger partial charge in [0.1, 0.15) is 16.7 Å². The lowest BCUT2D eigenvalue weighted by atomic mass is 9.80. The Bertz CT molecular complexity index is 1580. The van der Waals surface area contributed by atoms with Crippen molar-refractivity contribution in [2.24, 2.45) is 5.92 Å². The van der Waals surface area contributed by atoms with Gasteiger partial charge in [0.25, 0.3) is 5.91 Å². The molecule has 3 rings (SSSR count).